The van der Waals surface area contributed by atoms with Crippen LogP contribution in [-0.2, 0) is 34.1 Å². The Morgan fingerprint density at radius 1 is 0.538 bits per heavy atom. The maximum absolute atomic E-state index is 8.67. The fourth-order valence-electron chi connectivity index (χ4n) is 0. The van der Waals surface area contributed by atoms with Gasteiger partial charge in [0.1, 0.15) is 0 Å². The molecule has 0 radical (unpaired) electrons. The Bertz CT molecular complexity index is 112. The second-order valence-electron chi connectivity index (χ2n) is 0.692. The summed E-state index contributed by atoms with van der Waals surface area (Å²) in [5.74, 6) is 0. The Morgan fingerprint density at radius 2 is 0.538 bits per heavy atom. The van der Waals surface area contributed by atoms with E-state index in [4.69, 9.17) is 39.9 Å². The summed E-state index contributed by atoms with van der Waals surface area (Å²) in [5.41, 5.74) is 0. The monoisotopic (exact) mass is 270 g/mol. The third-order valence-corrected chi connectivity index (χ3v) is 0. The molecule has 0 atom stereocenters. The van der Waals surface area contributed by atoms with E-state index in [1.54, 1.807) is 0 Å². The molecule has 9 nitrogen and oxygen atoms in total. The topological polar surface area (TPSA) is 173 Å². The summed E-state index contributed by atoms with van der Waals surface area (Å²) >= 11 is -7.83. The van der Waals surface area contributed by atoms with Crippen LogP contribution in [0.5, 0.6) is 0 Å². The molecule has 0 heterocycles. The van der Waals surface area contributed by atoms with Gasteiger partial charge in [0, 0.05) is 0 Å². The second-order valence-corrected chi connectivity index (χ2v) is 2.08. The van der Waals surface area contributed by atoms with Crippen molar-refractivity contribution < 1.29 is 39.9 Å². The van der Waals surface area contributed by atoms with Crippen molar-refractivity contribution in [1.29, 1.82) is 0 Å². The van der Waals surface area contributed by atoms with Gasteiger partial charge in [-0.1, -0.05) is 0 Å². The molecular weight excluding hydrogens is 263 g/mol. The molecule has 0 aliphatic rings. The predicted molar refractivity (Wildman–Crippen MR) is 47.3 cm³/mol. The van der Waals surface area contributed by atoms with Gasteiger partial charge in [0.15, 0.2) is 0 Å². The molecule has 0 saturated heterocycles. The number of hydrogen-bond donors (Lipinski definition) is 6. The van der Waals surface area contributed by atoms with Crippen molar-refractivity contribution in [3.63, 3.8) is 0 Å². The van der Waals surface area contributed by atoms with Crippen LogP contribution in [0.3, 0.4) is 0 Å². The summed E-state index contributed by atoms with van der Waals surface area (Å²) < 4.78 is 68.5. The van der Waals surface area contributed by atoms with Gasteiger partial charge >= 0.3 is 29.6 Å². The van der Waals surface area contributed by atoms with Crippen molar-refractivity contribution in [3.8, 4) is 0 Å². The summed E-state index contributed by atoms with van der Waals surface area (Å²) in [4.78, 5) is 0. The molecule has 80 valence electrons. The zero-order valence-corrected chi connectivity index (χ0v) is 7.58. The van der Waals surface area contributed by atoms with Gasteiger partial charge in [0.05, 0.1) is 0 Å². The van der Waals surface area contributed by atoms with Crippen molar-refractivity contribution in [2.24, 2.45) is 0 Å². The molecule has 0 aliphatic heterocycles. The molecule has 0 saturated carbocycles. The van der Waals surface area contributed by atoms with Gasteiger partial charge in [-0.25, -0.2) is 0 Å². The zero-order chi connectivity index (χ0) is 10.7. The molecule has 0 bridgehead atoms. The summed E-state index contributed by atoms with van der Waals surface area (Å²) in [6.45, 7) is 0. The quantitative estimate of drug-likeness (QED) is 0.223. The summed E-state index contributed by atoms with van der Waals surface area (Å²) in [7, 11) is 0. The SMILES string of the molecule is O=S(O)O.O=S(O)O.O=S(O)O.[NaH]. The Morgan fingerprint density at radius 3 is 0.538 bits per heavy atom. The molecule has 6 N–H and O–H groups in total. The molecule has 0 amide bonds. The van der Waals surface area contributed by atoms with E-state index in [1.165, 1.54) is 0 Å². The van der Waals surface area contributed by atoms with E-state index in [0.717, 1.165) is 0 Å². The van der Waals surface area contributed by atoms with Crippen molar-refractivity contribution >= 4 is 63.6 Å². The van der Waals surface area contributed by atoms with Gasteiger partial charge in [-0.05, 0) is 0 Å². The summed E-state index contributed by atoms with van der Waals surface area (Å²) in [6.07, 6.45) is 0. The van der Waals surface area contributed by atoms with Crippen molar-refractivity contribution in [2.45, 2.75) is 0 Å². The fourth-order valence-corrected chi connectivity index (χ4v) is 0. The van der Waals surface area contributed by atoms with Crippen LogP contribution in [0.2, 0.25) is 0 Å². The maximum atomic E-state index is 8.67. The van der Waals surface area contributed by atoms with E-state index < -0.39 is 34.1 Å². The molecule has 13 heavy (non-hydrogen) atoms. The van der Waals surface area contributed by atoms with Crippen LogP contribution in [0.15, 0.2) is 0 Å². The summed E-state index contributed by atoms with van der Waals surface area (Å²) in [6, 6.07) is 0. The van der Waals surface area contributed by atoms with Gasteiger partial charge < -0.3 is 0 Å². The second kappa shape index (κ2) is 18.9. The number of rotatable bonds is 0. The Balaban J connectivity index is -0.0000000450. The normalized spacial score (nSPS) is 8.08. The van der Waals surface area contributed by atoms with Gasteiger partial charge in [-0.2, -0.15) is 12.6 Å². The molecule has 0 aromatic carbocycles. The van der Waals surface area contributed by atoms with Crippen LogP contribution in [0, 0.1) is 0 Å². The zero-order valence-electron chi connectivity index (χ0n) is 5.13. The standard InChI is InChI=1S/Na.3H2O3S.H/c;3*1-4(2)3;/h;3*(H2,1,2,3);. The van der Waals surface area contributed by atoms with Crippen molar-refractivity contribution in [3.05, 3.63) is 0 Å². The van der Waals surface area contributed by atoms with E-state index in [2.05, 4.69) is 0 Å². The fraction of sp³-hybridized carbons (Fsp3) is 0. The molecule has 0 unspecified atom stereocenters. The van der Waals surface area contributed by atoms with Crippen molar-refractivity contribution in [1.82, 2.24) is 0 Å². The Hall–Kier alpha value is 1.21. The third kappa shape index (κ3) is 1130. The summed E-state index contributed by atoms with van der Waals surface area (Å²) in [5, 5.41) is 0. The molecule has 0 fully saturated rings. The van der Waals surface area contributed by atoms with Crippen LogP contribution in [0.1, 0.15) is 0 Å². The van der Waals surface area contributed by atoms with Crippen LogP contribution < -0.4 is 0 Å². The predicted octanol–water partition coefficient (Wildman–Crippen LogP) is -1.61. The van der Waals surface area contributed by atoms with E-state index in [-0.39, 0.29) is 29.6 Å². The average molecular weight is 270 g/mol. The van der Waals surface area contributed by atoms with Gasteiger partial charge in [-0.15, -0.1) is 0 Å². The molecule has 13 heteroatoms. The van der Waals surface area contributed by atoms with Crippen LogP contribution in [-0.4, -0.2) is 69.5 Å². The van der Waals surface area contributed by atoms with E-state index >= 15 is 0 Å². The first-order valence-corrected chi connectivity index (χ1v) is 4.79. The Labute approximate surface area is 103 Å². The van der Waals surface area contributed by atoms with Crippen LogP contribution >= 0.6 is 0 Å². The molecular formula is H7NaO9S3. The molecule has 0 rings (SSSR count). The minimum absolute atomic E-state index is 0. The first-order chi connectivity index (χ1) is 5.20. The first kappa shape index (κ1) is 23.8. The van der Waals surface area contributed by atoms with E-state index in [1.807, 2.05) is 0 Å². The van der Waals surface area contributed by atoms with Gasteiger partial charge in [0.2, 0.25) is 0 Å². The van der Waals surface area contributed by atoms with Gasteiger partial charge in [0.25, 0.3) is 34.1 Å². The third-order valence-electron chi connectivity index (χ3n) is 0. The molecule has 0 aromatic heterocycles. The number of hydrogen-bond acceptors (Lipinski definition) is 3. The molecule has 0 spiro atoms. The minimum atomic E-state index is -2.61. The van der Waals surface area contributed by atoms with Crippen LogP contribution in [0.4, 0.5) is 0 Å². The first-order valence-electron chi connectivity index (χ1n) is 1.60. The average Bonchev–Trinajstić information content (AvgIpc) is 1.54. The van der Waals surface area contributed by atoms with Crippen molar-refractivity contribution in [2.75, 3.05) is 0 Å². The Kier molecular flexibility index (Phi) is 34.6. The van der Waals surface area contributed by atoms with Gasteiger partial charge in [-0.3, -0.25) is 27.3 Å². The van der Waals surface area contributed by atoms with E-state index in [9.17, 15) is 0 Å². The van der Waals surface area contributed by atoms with E-state index in [0.29, 0.717) is 0 Å². The van der Waals surface area contributed by atoms with Crippen LogP contribution in [0.25, 0.3) is 0 Å². The molecule has 0 aromatic rings. The molecule has 0 aliphatic carbocycles.